The van der Waals surface area contributed by atoms with Gasteiger partial charge in [0.2, 0.25) is 0 Å². The molecular weight excluding hydrogens is 254 g/mol. The lowest BCUT2D eigenvalue weighted by Crippen LogP contribution is -2.48. The number of aromatic nitrogens is 2. The number of nitrogens with zero attached hydrogens (tertiary/aromatic N) is 3. The van der Waals surface area contributed by atoms with Crippen LogP contribution in [0.2, 0.25) is 0 Å². The summed E-state index contributed by atoms with van der Waals surface area (Å²) in [4.78, 5) is 23.0. The van der Waals surface area contributed by atoms with E-state index in [-0.39, 0.29) is 12.1 Å². The van der Waals surface area contributed by atoms with Crippen LogP contribution >= 0.6 is 0 Å². The molecule has 2 heterocycles. The van der Waals surface area contributed by atoms with Crippen molar-refractivity contribution in [2.24, 2.45) is 0 Å². The van der Waals surface area contributed by atoms with Crippen LogP contribution in [0.1, 0.15) is 38.1 Å². The number of rotatable bonds is 4. The minimum absolute atomic E-state index is 0.113. The standard InChI is InChI=1S/C14H25N5O/c1-4-12(13-15-7-8-16-13)17-11-5-9-19(10-6-11)14(20)18(2)3/h7-8,11-12,17H,4-6,9-10H2,1-3H3,(H,15,16). The Morgan fingerprint density at radius 2 is 2.25 bits per heavy atom. The molecule has 2 rings (SSSR count). The van der Waals surface area contributed by atoms with Crippen molar-refractivity contribution in [2.75, 3.05) is 27.2 Å². The van der Waals surface area contributed by atoms with Gasteiger partial charge in [-0.05, 0) is 19.3 Å². The van der Waals surface area contributed by atoms with E-state index in [9.17, 15) is 4.79 Å². The average Bonchev–Trinajstić information content (AvgIpc) is 2.98. The fraction of sp³-hybridized carbons (Fsp3) is 0.714. The molecule has 1 atom stereocenters. The van der Waals surface area contributed by atoms with E-state index in [0.29, 0.717) is 6.04 Å². The van der Waals surface area contributed by atoms with Crippen molar-refractivity contribution >= 4 is 6.03 Å². The number of piperidine rings is 1. The zero-order valence-electron chi connectivity index (χ0n) is 12.6. The Morgan fingerprint density at radius 1 is 1.55 bits per heavy atom. The normalized spacial score (nSPS) is 18.1. The summed E-state index contributed by atoms with van der Waals surface area (Å²) in [5.41, 5.74) is 0. The Labute approximate surface area is 120 Å². The van der Waals surface area contributed by atoms with Crippen LogP contribution in [0.25, 0.3) is 0 Å². The van der Waals surface area contributed by atoms with Gasteiger partial charge in [0.15, 0.2) is 0 Å². The van der Waals surface area contributed by atoms with Gasteiger partial charge in [0, 0.05) is 45.6 Å². The fourth-order valence-corrected chi connectivity index (χ4v) is 2.66. The molecule has 0 spiro atoms. The number of hydrogen-bond donors (Lipinski definition) is 2. The van der Waals surface area contributed by atoms with Crippen molar-refractivity contribution in [1.29, 1.82) is 0 Å². The van der Waals surface area contributed by atoms with Gasteiger partial charge in [0.1, 0.15) is 5.82 Å². The molecule has 2 N–H and O–H groups in total. The van der Waals surface area contributed by atoms with Crippen LogP contribution in [-0.4, -0.2) is 59.0 Å². The number of hydrogen-bond acceptors (Lipinski definition) is 3. The highest BCUT2D eigenvalue weighted by atomic mass is 16.2. The molecule has 0 saturated carbocycles. The third-order valence-electron chi connectivity index (χ3n) is 3.84. The SMILES string of the molecule is CCC(NC1CCN(C(=O)N(C)C)CC1)c1ncc[nH]1. The number of aromatic amines is 1. The van der Waals surface area contributed by atoms with Gasteiger partial charge in [-0.2, -0.15) is 0 Å². The van der Waals surface area contributed by atoms with E-state index in [1.165, 1.54) is 0 Å². The lowest BCUT2D eigenvalue weighted by atomic mass is 10.0. The molecule has 6 heteroatoms. The Balaban J connectivity index is 1.83. The molecule has 0 radical (unpaired) electrons. The van der Waals surface area contributed by atoms with E-state index < -0.39 is 0 Å². The molecule has 1 saturated heterocycles. The zero-order valence-corrected chi connectivity index (χ0v) is 12.6. The van der Waals surface area contributed by atoms with Gasteiger partial charge < -0.3 is 20.1 Å². The first kappa shape index (κ1) is 14.8. The number of nitrogens with one attached hydrogen (secondary N) is 2. The van der Waals surface area contributed by atoms with Gasteiger partial charge in [-0.15, -0.1) is 0 Å². The van der Waals surface area contributed by atoms with Crippen LogP contribution in [0, 0.1) is 0 Å². The number of imidazole rings is 1. The third-order valence-corrected chi connectivity index (χ3v) is 3.84. The second-order valence-corrected chi connectivity index (χ2v) is 5.54. The minimum atomic E-state index is 0.113. The van der Waals surface area contributed by atoms with E-state index >= 15 is 0 Å². The topological polar surface area (TPSA) is 64.3 Å². The number of carbonyl (C=O) groups is 1. The van der Waals surface area contributed by atoms with Crippen molar-refractivity contribution in [3.8, 4) is 0 Å². The monoisotopic (exact) mass is 279 g/mol. The molecule has 20 heavy (non-hydrogen) atoms. The molecule has 1 aromatic rings. The van der Waals surface area contributed by atoms with Crippen LogP contribution in [0.15, 0.2) is 12.4 Å². The molecule has 1 fully saturated rings. The molecule has 1 aliphatic heterocycles. The number of amides is 2. The van der Waals surface area contributed by atoms with Gasteiger partial charge in [-0.3, -0.25) is 0 Å². The van der Waals surface area contributed by atoms with Gasteiger partial charge in [0.05, 0.1) is 6.04 Å². The van der Waals surface area contributed by atoms with Crippen molar-refractivity contribution < 1.29 is 4.79 Å². The predicted octanol–water partition coefficient (Wildman–Crippen LogP) is 1.60. The Kier molecular flexibility index (Phi) is 5.00. The molecule has 1 aromatic heterocycles. The fourth-order valence-electron chi connectivity index (χ4n) is 2.66. The second kappa shape index (κ2) is 6.74. The van der Waals surface area contributed by atoms with E-state index in [1.54, 1.807) is 25.2 Å². The van der Waals surface area contributed by atoms with Crippen LogP contribution in [0.4, 0.5) is 4.79 Å². The lowest BCUT2D eigenvalue weighted by Gasteiger charge is -2.35. The maximum atomic E-state index is 11.9. The maximum absolute atomic E-state index is 11.9. The summed E-state index contributed by atoms with van der Waals surface area (Å²) in [6, 6.07) is 0.837. The molecule has 0 aromatic carbocycles. The van der Waals surface area contributed by atoms with Gasteiger partial charge in [-0.1, -0.05) is 6.92 Å². The summed E-state index contributed by atoms with van der Waals surface area (Å²) in [6.45, 7) is 3.80. The first-order chi connectivity index (χ1) is 9.61. The molecule has 0 aliphatic carbocycles. The Hall–Kier alpha value is -1.56. The summed E-state index contributed by atoms with van der Waals surface area (Å²) in [5, 5.41) is 3.65. The summed E-state index contributed by atoms with van der Waals surface area (Å²) < 4.78 is 0. The van der Waals surface area contributed by atoms with E-state index in [2.05, 4.69) is 22.2 Å². The molecule has 0 bridgehead atoms. The molecule has 1 unspecified atom stereocenters. The quantitative estimate of drug-likeness (QED) is 0.880. The van der Waals surface area contributed by atoms with Crippen LogP contribution in [0.5, 0.6) is 0 Å². The van der Waals surface area contributed by atoms with Crippen LogP contribution < -0.4 is 5.32 Å². The van der Waals surface area contributed by atoms with E-state index in [1.807, 2.05) is 11.1 Å². The van der Waals surface area contributed by atoms with Crippen molar-refractivity contribution in [1.82, 2.24) is 25.1 Å². The summed E-state index contributed by atoms with van der Waals surface area (Å²) in [6.07, 6.45) is 6.65. The molecule has 112 valence electrons. The number of urea groups is 1. The molecule has 6 nitrogen and oxygen atoms in total. The highest BCUT2D eigenvalue weighted by Crippen LogP contribution is 2.18. The summed E-state index contributed by atoms with van der Waals surface area (Å²) in [7, 11) is 3.60. The van der Waals surface area contributed by atoms with Gasteiger partial charge in [0.25, 0.3) is 0 Å². The minimum Gasteiger partial charge on any atom is -0.347 e. The van der Waals surface area contributed by atoms with Gasteiger partial charge >= 0.3 is 6.03 Å². The highest BCUT2D eigenvalue weighted by Gasteiger charge is 2.25. The second-order valence-electron chi connectivity index (χ2n) is 5.54. The van der Waals surface area contributed by atoms with Crippen LogP contribution in [0.3, 0.4) is 0 Å². The largest absolute Gasteiger partial charge is 0.347 e. The van der Waals surface area contributed by atoms with Crippen LogP contribution in [-0.2, 0) is 0 Å². The Morgan fingerprint density at radius 3 is 2.75 bits per heavy atom. The zero-order chi connectivity index (χ0) is 14.5. The molecule has 2 amide bonds. The van der Waals surface area contributed by atoms with Crippen molar-refractivity contribution in [2.45, 2.75) is 38.3 Å². The predicted molar refractivity (Wildman–Crippen MR) is 78.4 cm³/mol. The average molecular weight is 279 g/mol. The Bertz CT molecular complexity index is 409. The first-order valence-corrected chi connectivity index (χ1v) is 7.33. The maximum Gasteiger partial charge on any atom is 0.319 e. The van der Waals surface area contributed by atoms with Gasteiger partial charge in [-0.25, -0.2) is 9.78 Å². The summed E-state index contributed by atoms with van der Waals surface area (Å²) >= 11 is 0. The first-order valence-electron chi connectivity index (χ1n) is 7.33. The number of likely N-dealkylation sites (tertiary alicyclic amines) is 1. The van der Waals surface area contributed by atoms with Crippen molar-refractivity contribution in [3.05, 3.63) is 18.2 Å². The lowest BCUT2D eigenvalue weighted by molar-refractivity contribution is 0.150. The highest BCUT2D eigenvalue weighted by molar-refractivity contribution is 5.73. The number of carbonyl (C=O) groups excluding carboxylic acids is 1. The summed E-state index contributed by atoms with van der Waals surface area (Å²) in [5.74, 6) is 0.999. The van der Waals surface area contributed by atoms with E-state index in [0.717, 1.165) is 38.2 Å². The third kappa shape index (κ3) is 3.50. The number of H-pyrrole nitrogens is 1. The molecule has 1 aliphatic rings. The van der Waals surface area contributed by atoms with E-state index in [4.69, 9.17) is 0 Å². The smallest absolute Gasteiger partial charge is 0.319 e. The van der Waals surface area contributed by atoms with Crippen molar-refractivity contribution in [3.63, 3.8) is 0 Å². The molecular formula is C14H25N5O.